The number of ether oxygens (including phenoxy) is 1. The smallest absolute Gasteiger partial charge is 0.331 e. The number of carbonyl (C=O) groups is 2. The van der Waals surface area contributed by atoms with Crippen molar-refractivity contribution in [3.8, 4) is 0 Å². The van der Waals surface area contributed by atoms with Gasteiger partial charge in [-0.25, -0.2) is 9.59 Å². The summed E-state index contributed by atoms with van der Waals surface area (Å²) >= 11 is 0. The first kappa shape index (κ1) is 15.6. The van der Waals surface area contributed by atoms with Crippen LogP contribution in [0.1, 0.15) is 19.4 Å². The van der Waals surface area contributed by atoms with E-state index in [0.29, 0.717) is 0 Å². The van der Waals surface area contributed by atoms with Crippen LogP contribution < -0.4 is 11.2 Å². The molecule has 0 amide bonds. The topological polar surface area (TPSA) is 87.4 Å². The van der Waals surface area contributed by atoms with Crippen molar-refractivity contribution in [2.75, 3.05) is 0 Å². The van der Waals surface area contributed by atoms with E-state index in [4.69, 9.17) is 4.74 Å². The highest BCUT2D eigenvalue weighted by atomic mass is 16.5. The molecule has 0 aliphatic carbocycles. The molecule has 7 heteroatoms. The number of hydrogen-bond acceptors (Lipinski definition) is 5. The highest BCUT2D eigenvalue weighted by molar-refractivity contribution is 5.90. The van der Waals surface area contributed by atoms with Gasteiger partial charge in [0.2, 0.25) is 0 Å². The van der Waals surface area contributed by atoms with Crippen LogP contribution in [0.15, 0.2) is 21.9 Å². The van der Waals surface area contributed by atoms with Gasteiger partial charge in [-0.1, -0.05) is 0 Å². The van der Waals surface area contributed by atoms with Crippen LogP contribution in [-0.4, -0.2) is 27.0 Å². The molecule has 0 fully saturated rings. The molecule has 0 spiro atoms. The summed E-state index contributed by atoms with van der Waals surface area (Å²) in [4.78, 5) is 45.6. The average molecular weight is 280 g/mol. The average Bonchev–Trinajstić information content (AvgIpc) is 2.38. The van der Waals surface area contributed by atoms with E-state index in [1.165, 1.54) is 44.8 Å². The largest absolute Gasteiger partial charge is 0.452 e. The molecule has 1 atom stereocenters. The van der Waals surface area contributed by atoms with E-state index in [9.17, 15) is 19.2 Å². The fourth-order valence-corrected chi connectivity index (χ4v) is 1.40. The normalized spacial score (nSPS) is 12.4. The Morgan fingerprint density at radius 3 is 2.45 bits per heavy atom. The van der Waals surface area contributed by atoms with E-state index in [-0.39, 0.29) is 11.3 Å². The molecule has 0 N–H and O–H groups in total. The van der Waals surface area contributed by atoms with E-state index in [2.05, 4.69) is 0 Å². The van der Waals surface area contributed by atoms with Gasteiger partial charge >= 0.3 is 11.7 Å². The molecule has 1 rings (SSSR count). The lowest BCUT2D eigenvalue weighted by atomic mass is 10.3. The first-order valence-electron chi connectivity index (χ1n) is 5.90. The second-order valence-corrected chi connectivity index (χ2v) is 4.37. The maximum Gasteiger partial charge on any atom is 0.331 e. The Morgan fingerprint density at radius 2 is 1.90 bits per heavy atom. The van der Waals surface area contributed by atoms with Crippen molar-refractivity contribution in [3.63, 3.8) is 0 Å². The fourth-order valence-electron chi connectivity index (χ4n) is 1.40. The number of Topliss-reactive ketones (excluding diaryl/α,β-unsaturated/α-hetero) is 1. The number of rotatable bonds is 4. The summed E-state index contributed by atoms with van der Waals surface area (Å²) in [6.45, 7) is 2.77. The zero-order chi connectivity index (χ0) is 15.4. The molecule has 0 saturated carbocycles. The molecule has 0 aliphatic rings. The number of carbonyl (C=O) groups excluding carboxylic acids is 2. The molecule has 20 heavy (non-hydrogen) atoms. The lowest BCUT2D eigenvalue weighted by Gasteiger charge is -2.07. The van der Waals surface area contributed by atoms with Crippen molar-refractivity contribution in [2.45, 2.75) is 20.0 Å². The van der Waals surface area contributed by atoms with Crippen molar-refractivity contribution >= 4 is 17.8 Å². The van der Waals surface area contributed by atoms with E-state index in [1.54, 1.807) is 0 Å². The summed E-state index contributed by atoms with van der Waals surface area (Å²) in [5.74, 6) is -1.01. The number of aromatic nitrogens is 2. The van der Waals surface area contributed by atoms with Crippen molar-refractivity contribution < 1.29 is 14.3 Å². The molecule has 0 bridgehead atoms. The quantitative estimate of drug-likeness (QED) is 0.554. The Morgan fingerprint density at radius 1 is 1.30 bits per heavy atom. The Labute approximate surface area is 115 Å². The minimum absolute atomic E-state index is 0.169. The molecule has 7 nitrogen and oxygen atoms in total. The van der Waals surface area contributed by atoms with Crippen LogP contribution in [0.4, 0.5) is 0 Å². The zero-order valence-electron chi connectivity index (χ0n) is 11.7. The number of aryl methyl sites for hydroxylation is 1. The molecule has 108 valence electrons. The van der Waals surface area contributed by atoms with Gasteiger partial charge in [0.25, 0.3) is 5.56 Å². The van der Waals surface area contributed by atoms with Crippen molar-refractivity contribution in [2.24, 2.45) is 14.1 Å². The van der Waals surface area contributed by atoms with Gasteiger partial charge in [-0.15, -0.1) is 0 Å². The Hall–Kier alpha value is -2.44. The van der Waals surface area contributed by atoms with E-state index >= 15 is 0 Å². The van der Waals surface area contributed by atoms with Gasteiger partial charge in [-0.3, -0.25) is 14.2 Å². The van der Waals surface area contributed by atoms with E-state index in [0.717, 1.165) is 10.6 Å². The van der Waals surface area contributed by atoms with Gasteiger partial charge in [0.15, 0.2) is 11.9 Å². The Kier molecular flexibility index (Phi) is 4.79. The van der Waals surface area contributed by atoms with Crippen molar-refractivity contribution in [3.05, 3.63) is 38.7 Å². The van der Waals surface area contributed by atoms with Gasteiger partial charge in [0.1, 0.15) is 0 Å². The third kappa shape index (κ3) is 3.53. The van der Waals surface area contributed by atoms with Gasteiger partial charge in [-0.05, 0) is 19.9 Å². The maximum absolute atomic E-state index is 11.8. The third-order valence-corrected chi connectivity index (χ3v) is 2.74. The van der Waals surface area contributed by atoms with Crippen molar-refractivity contribution in [1.29, 1.82) is 0 Å². The van der Waals surface area contributed by atoms with E-state index < -0.39 is 23.3 Å². The van der Waals surface area contributed by atoms with Gasteiger partial charge in [0, 0.05) is 26.4 Å². The summed E-state index contributed by atoms with van der Waals surface area (Å²) in [7, 11) is 2.84. The second kappa shape index (κ2) is 6.14. The van der Waals surface area contributed by atoms with Crippen LogP contribution in [-0.2, 0) is 28.4 Å². The van der Waals surface area contributed by atoms with Gasteiger partial charge in [0.05, 0.1) is 5.56 Å². The summed E-state index contributed by atoms with van der Waals surface area (Å²) in [5.41, 5.74) is -0.807. The molecule has 1 heterocycles. The van der Waals surface area contributed by atoms with Crippen LogP contribution in [0.25, 0.3) is 6.08 Å². The fraction of sp³-hybridized carbons (Fsp3) is 0.385. The minimum atomic E-state index is -0.838. The van der Waals surface area contributed by atoms with Crippen LogP contribution in [0.3, 0.4) is 0 Å². The van der Waals surface area contributed by atoms with E-state index in [1.807, 2.05) is 0 Å². The first-order valence-corrected chi connectivity index (χ1v) is 5.90. The van der Waals surface area contributed by atoms with Crippen LogP contribution in [0.5, 0.6) is 0 Å². The molecule has 0 aromatic carbocycles. The molecule has 1 aromatic heterocycles. The first-order chi connectivity index (χ1) is 9.23. The van der Waals surface area contributed by atoms with Crippen LogP contribution in [0.2, 0.25) is 0 Å². The standard InChI is InChI=1S/C13H16N2O5/c1-8(16)9(2)20-11(17)6-5-10-7-14(3)13(19)15(4)12(10)18/h5-7,9H,1-4H3/b6-5+. The monoisotopic (exact) mass is 280 g/mol. The molecular weight excluding hydrogens is 264 g/mol. The van der Waals surface area contributed by atoms with Crippen LogP contribution in [0, 0.1) is 0 Å². The Bertz CT molecular complexity index is 681. The predicted molar refractivity (Wildman–Crippen MR) is 72.2 cm³/mol. The number of ketones is 1. The molecule has 0 saturated heterocycles. The van der Waals surface area contributed by atoms with Gasteiger partial charge < -0.3 is 9.30 Å². The van der Waals surface area contributed by atoms with Crippen molar-refractivity contribution in [1.82, 2.24) is 9.13 Å². The third-order valence-electron chi connectivity index (χ3n) is 2.74. The van der Waals surface area contributed by atoms with Crippen LogP contribution >= 0.6 is 0 Å². The summed E-state index contributed by atoms with van der Waals surface area (Å²) in [5, 5.41) is 0. The number of hydrogen-bond donors (Lipinski definition) is 0. The highest BCUT2D eigenvalue weighted by Crippen LogP contribution is 1.97. The predicted octanol–water partition coefficient (Wildman–Crippen LogP) is -0.382. The number of nitrogens with zero attached hydrogens (tertiary/aromatic N) is 2. The molecular formula is C13H16N2O5. The zero-order valence-corrected chi connectivity index (χ0v) is 11.7. The molecule has 0 aliphatic heterocycles. The minimum Gasteiger partial charge on any atom is -0.452 e. The summed E-state index contributed by atoms with van der Waals surface area (Å²) in [6.07, 6.45) is 2.77. The maximum atomic E-state index is 11.8. The molecule has 1 unspecified atom stereocenters. The Balaban J connectivity index is 2.97. The summed E-state index contributed by atoms with van der Waals surface area (Å²) < 4.78 is 6.97. The SMILES string of the molecule is CC(=O)C(C)OC(=O)/C=C/c1cn(C)c(=O)n(C)c1=O. The molecule has 1 aromatic rings. The number of esters is 1. The highest BCUT2D eigenvalue weighted by Gasteiger charge is 2.11. The molecule has 0 radical (unpaired) electrons. The second-order valence-electron chi connectivity index (χ2n) is 4.37. The summed E-state index contributed by atoms with van der Waals surface area (Å²) in [6, 6.07) is 0. The lowest BCUT2D eigenvalue weighted by molar-refractivity contribution is -0.148. The van der Waals surface area contributed by atoms with Gasteiger partial charge in [-0.2, -0.15) is 0 Å². The lowest BCUT2D eigenvalue weighted by Crippen LogP contribution is -2.37.